The number of rotatable bonds is 6. The summed E-state index contributed by atoms with van der Waals surface area (Å²) < 4.78 is 26.4. The highest BCUT2D eigenvalue weighted by atomic mass is 16.6. The molecule has 0 aromatic rings. The smallest absolute Gasteiger partial charge is 0.373 e. The van der Waals surface area contributed by atoms with Gasteiger partial charge in [-0.1, -0.05) is 0 Å². The van der Waals surface area contributed by atoms with Gasteiger partial charge in [0.1, 0.15) is 18.2 Å². The number of aliphatic imine (C=N–C) groups is 1. The van der Waals surface area contributed by atoms with E-state index in [1.165, 1.54) is 27.2 Å². The Morgan fingerprint density at radius 3 is 2.62 bits per heavy atom. The van der Waals surface area contributed by atoms with Crippen LogP contribution in [0.25, 0.3) is 0 Å². The van der Waals surface area contributed by atoms with Gasteiger partial charge in [-0.2, -0.15) is 0 Å². The normalized spacial score (nSPS) is 27.6. The molecular formula is C15H21NO8. The zero-order valence-corrected chi connectivity index (χ0v) is 13.9. The van der Waals surface area contributed by atoms with E-state index in [0.717, 1.165) is 0 Å². The Kier molecular flexibility index (Phi) is 5.79. The molecule has 24 heavy (non-hydrogen) atoms. The van der Waals surface area contributed by atoms with Crippen molar-refractivity contribution in [3.8, 4) is 0 Å². The average Bonchev–Trinajstić information content (AvgIpc) is 2.93. The summed E-state index contributed by atoms with van der Waals surface area (Å²) >= 11 is 0. The molecule has 5 atom stereocenters. The summed E-state index contributed by atoms with van der Waals surface area (Å²) in [6.07, 6.45) is -1.70. The maximum atomic E-state index is 11.8. The monoisotopic (exact) mass is 343 g/mol. The van der Waals surface area contributed by atoms with Crippen molar-refractivity contribution >= 4 is 17.8 Å². The first-order chi connectivity index (χ1) is 11.4. The lowest BCUT2D eigenvalue weighted by Crippen LogP contribution is -2.53. The molecule has 9 nitrogen and oxygen atoms in total. The molecule has 2 aliphatic heterocycles. The van der Waals surface area contributed by atoms with Crippen molar-refractivity contribution in [2.75, 3.05) is 20.8 Å². The Morgan fingerprint density at radius 2 is 2.08 bits per heavy atom. The van der Waals surface area contributed by atoms with Crippen molar-refractivity contribution in [2.24, 2.45) is 4.99 Å². The Labute approximate surface area is 139 Å². The first-order valence-electron chi connectivity index (χ1n) is 7.40. The SMILES string of the molecule is COC(=O)C1=C[C@H]2OC(C)=N[C@H]2[C@H]([C@H](OC)[C@@H](CO)OC(C)=O)O1. The van der Waals surface area contributed by atoms with Gasteiger partial charge in [0.15, 0.2) is 18.1 Å². The Bertz CT molecular complexity index is 558. The first kappa shape index (κ1) is 18.2. The first-order valence-corrected chi connectivity index (χ1v) is 7.40. The summed E-state index contributed by atoms with van der Waals surface area (Å²) in [7, 11) is 2.62. The van der Waals surface area contributed by atoms with E-state index in [0.29, 0.717) is 5.90 Å². The fraction of sp³-hybridized carbons (Fsp3) is 0.667. The predicted octanol–water partition coefficient (Wildman–Crippen LogP) is -0.433. The van der Waals surface area contributed by atoms with Crippen LogP contribution in [-0.4, -0.2) is 74.2 Å². The van der Waals surface area contributed by atoms with E-state index in [2.05, 4.69) is 9.73 Å². The maximum absolute atomic E-state index is 11.8. The van der Waals surface area contributed by atoms with Crippen LogP contribution in [-0.2, 0) is 33.3 Å². The molecule has 1 N–H and O–H groups in total. The Hall–Kier alpha value is -2.13. The van der Waals surface area contributed by atoms with Crippen LogP contribution in [0.4, 0.5) is 0 Å². The molecule has 0 bridgehead atoms. The van der Waals surface area contributed by atoms with Crippen LogP contribution in [0.15, 0.2) is 16.8 Å². The molecular weight excluding hydrogens is 322 g/mol. The van der Waals surface area contributed by atoms with Gasteiger partial charge in [-0.3, -0.25) is 4.79 Å². The molecule has 0 saturated carbocycles. The summed E-state index contributed by atoms with van der Waals surface area (Å²) in [5, 5.41) is 9.53. The lowest BCUT2D eigenvalue weighted by Gasteiger charge is -2.37. The second-order valence-electron chi connectivity index (χ2n) is 5.36. The molecule has 134 valence electrons. The number of aliphatic hydroxyl groups excluding tert-OH is 1. The van der Waals surface area contributed by atoms with Crippen molar-refractivity contribution in [3.05, 3.63) is 11.8 Å². The third-order valence-corrected chi connectivity index (χ3v) is 3.74. The van der Waals surface area contributed by atoms with Crippen LogP contribution < -0.4 is 0 Å². The highest BCUT2D eigenvalue weighted by molar-refractivity contribution is 5.87. The minimum Gasteiger partial charge on any atom is -0.478 e. The number of carbonyl (C=O) groups excluding carboxylic acids is 2. The molecule has 2 aliphatic rings. The van der Waals surface area contributed by atoms with Gasteiger partial charge in [0.05, 0.1) is 13.7 Å². The van der Waals surface area contributed by atoms with E-state index in [9.17, 15) is 14.7 Å². The van der Waals surface area contributed by atoms with Gasteiger partial charge >= 0.3 is 11.9 Å². The minimum atomic E-state index is -0.980. The van der Waals surface area contributed by atoms with E-state index in [1.807, 2.05) is 0 Å². The van der Waals surface area contributed by atoms with Gasteiger partial charge in [-0.25, -0.2) is 9.79 Å². The molecule has 0 radical (unpaired) electrons. The summed E-state index contributed by atoms with van der Waals surface area (Å²) in [4.78, 5) is 27.4. The number of fused-ring (bicyclic) bond motifs is 1. The van der Waals surface area contributed by atoms with Crippen LogP contribution in [0.5, 0.6) is 0 Å². The number of ether oxygens (including phenoxy) is 5. The van der Waals surface area contributed by atoms with Crippen molar-refractivity contribution in [3.63, 3.8) is 0 Å². The fourth-order valence-corrected chi connectivity index (χ4v) is 2.78. The Morgan fingerprint density at radius 1 is 1.38 bits per heavy atom. The molecule has 2 heterocycles. The van der Waals surface area contributed by atoms with Crippen molar-refractivity contribution < 1.29 is 38.4 Å². The standard InChI is InChI=1S/C15H21NO8/c1-7-16-12-9(22-7)5-10(15(19)21-4)24-14(12)13(20-3)11(6-17)23-8(2)18/h5,9,11-14,17H,6H2,1-4H3/t9-,11-,12-,13-,14-/m1/s1. The van der Waals surface area contributed by atoms with Crippen molar-refractivity contribution in [2.45, 2.75) is 44.3 Å². The van der Waals surface area contributed by atoms with Crippen molar-refractivity contribution in [1.29, 1.82) is 0 Å². The maximum Gasteiger partial charge on any atom is 0.373 e. The van der Waals surface area contributed by atoms with E-state index in [4.69, 9.17) is 18.9 Å². The van der Waals surface area contributed by atoms with E-state index in [1.54, 1.807) is 6.92 Å². The zero-order chi connectivity index (χ0) is 17.9. The van der Waals surface area contributed by atoms with Gasteiger partial charge in [0.25, 0.3) is 0 Å². The Balaban J connectivity index is 2.32. The van der Waals surface area contributed by atoms with E-state index in [-0.39, 0.29) is 5.76 Å². The second kappa shape index (κ2) is 7.63. The molecule has 0 aliphatic carbocycles. The van der Waals surface area contributed by atoms with Gasteiger partial charge in [0.2, 0.25) is 5.76 Å². The molecule has 0 amide bonds. The minimum absolute atomic E-state index is 0.0461. The van der Waals surface area contributed by atoms with Gasteiger partial charge in [0, 0.05) is 27.0 Å². The average molecular weight is 343 g/mol. The lowest BCUT2D eigenvalue weighted by atomic mass is 9.94. The summed E-state index contributed by atoms with van der Waals surface area (Å²) in [5.74, 6) is -0.858. The third kappa shape index (κ3) is 3.68. The van der Waals surface area contributed by atoms with Crippen LogP contribution in [0.1, 0.15) is 13.8 Å². The third-order valence-electron chi connectivity index (χ3n) is 3.74. The van der Waals surface area contributed by atoms with Crippen LogP contribution in [0, 0.1) is 0 Å². The van der Waals surface area contributed by atoms with Gasteiger partial charge < -0.3 is 28.8 Å². The number of methoxy groups -OCH3 is 2. The molecule has 2 rings (SSSR count). The number of aliphatic hydroxyl groups is 1. The molecule has 0 unspecified atom stereocenters. The van der Waals surface area contributed by atoms with E-state index >= 15 is 0 Å². The lowest BCUT2D eigenvalue weighted by molar-refractivity contribution is -0.172. The predicted molar refractivity (Wildman–Crippen MR) is 80.2 cm³/mol. The van der Waals surface area contributed by atoms with Gasteiger partial charge in [-0.05, 0) is 0 Å². The molecule has 9 heteroatoms. The molecule has 0 saturated heterocycles. The molecule has 0 aromatic carbocycles. The fourth-order valence-electron chi connectivity index (χ4n) is 2.78. The molecule has 0 spiro atoms. The molecule has 0 fully saturated rings. The van der Waals surface area contributed by atoms with Crippen LogP contribution in [0.2, 0.25) is 0 Å². The van der Waals surface area contributed by atoms with Crippen LogP contribution >= 0.6 is 0 Å². The van der Waals surface area contributed by atoms with E-state index < -0.39 is 49.0 Å². The van der Waals surface area contributed by atoms with Crippen LogP contribution in [0.3, 0.4) is 0 Å². The second-order valence-corrected chi connectivity index (χ2v) is 5.36. The number of carbonyl (C=O) groups is 2. The highest BCUT2D eigenvalue weighted by Crippen LogP contribution is 2.32. The number of nitrogens with zero attached hydrogens (tertiary/aromatic N) is 1. The highest BCUT2D eigenvalue weighted by Gasteiger charge is 2.48. The molecule has 0 aromatic heterocycles. The van der Waals surface area contributed by atoms with Gasteiger partial charge in [-0.15, -0.1) is 0 Å². The van der Waals surface area contributed by atoms with Crippen molar-refractivity contribution in [1.82, 2.24) is 0 Å². The largest absolute Gasteiger partial charge is 0.478 e. The summed E-state index contributed by atoms with van der Waals surface area (Å²) in [5.41, 5.74) is 0. The quantitative estimate of drug-likeness (QED) is 0.646. The summed E-state index contributed by atoms with van der Waals surface area (Å²) in [6.45, 7) is 2.43. The zero-order valence-electron chi connectivity index (χ0n) is 13.9. The topological polar surface area (TPSA) is 113 Å². The number of hydrogen-bond donors (Lipinski definition) is 1. The number of hydrogen-bond acceptors (Lipinski definition) is 9. The number of esters is 2. The summed E-state index contributed by atoms with van der Waals surface area (Å²) in [6, 6.07) is -0.507.